The summed E-state index contributed by atoms with van der Waals surface area (Å²) >= 11 is 0. The Morgan fingerprint density at radius 1 is 1.35 bits per heavy atom. The number of aliphatic carboxylic acids is 1. The lowest BCUT2D eigenvalue weighted by molar-refractivity contribution is -0.192. The number of nitrogens with zero attached hydrogens (tertiary/aromatic N) is 5. The first kappa shape index (κ1) is 24.6. The number of aromatic nitrogens is 4. The van der Waals surface area contributed by atoms with Crippen molar-refractivity contribution < 1.29 is 36.2 Å². The minimum atomic E-state index is -5.08. The highest BCUT2D eigenvalue weighted by atomic mass is 32.2. The normalized spacial score (nSPS) is 16.9. The number of carboxylic acid groups (broad SMARTS) is 1. The van der Waals surface area contributed by atoms with E-state index in [9.17, 15) is 21.6 Å². The topological polar surface area (TPSA) is 120 Å². The first-order valence-electron chi connectivity index (χ1n) is 8.88. The van der Waals surface area contributed by atoms with Crippen molar-refractivity contribution in [2.45, 2.75) is 23.7 Å². The summed E-state index contributed by atoms with van der Waals surface area (Å²) in [6.45, 7) is 4.58. The fraction of sp³-hybridized carbons (Fsp3) is 0.471. The lowest BCUT2D eigenvalue weighted by atomic mass is 10.1. The van der Waals surface area contributed by atoms with Gasteiger partial charge in [0.25, 0.3) is 10.0 Å². The first-order chi connectivity index (χ1) is 14.4. The summed E-state index contributed by atoms with van der Waals surface area (Å²) in [5, 5.41) is 7.17. The highest BCUT2D eigenvalue weighted by molar-refractivity contribution is 7.89. The molecule has 0 aliphatic carbocycles. The van der Waals surface area contributed by atoms with Crippen molar-refractivity contribution >= 4 is 16.0 Å². The molecule has 31 heavy (non-hydrogen) atoms. The first-order valence-corrected chi connectivity index (χ1v) is 10.3. The van der Waals surface area contributed by atoms with Crippen molar-refractivity contribution in [2.24, 2.45) is 14.1 Å². The monoisotopic (exact) mass is 465 g/mol. The molecule has 1 atom stereocenters. The molecule has 3 rings (SSSR count). The van der Waals surface area contributed by atoms with Gasteiger partial charge in [0.1, 0.15) is 0 Å². The molecule has 14 heteroatoms. The molecule has 2 aromatic heterocycles. The van der Waals surface area contributed by atoms with Crippen LogP contribution in [0.2, 0.25) is 0 Å². The largest absolute Gasteiger partial charge is 0.490 e. The van der Waals surface area contributed by atoms with Crippen LogP contribution in [0.3, 0.4) is 0 Å². The maximum atomic E-state index is 13.0. The number of carboxylic acids is 1. The Labute approximate surface area is 176 Å². The molecule has 0 fully saturated rings. The lowest BCUT2D eigenvalue weighted by Crippen LogP contribution is -2.42. The number of hydrogen-bond donors (Lipinski definition) is 1. The molecular formula is C17H22F3N5O5S. The third-order valence-electron chi connectivity index (χ3n) is 4.30. The van der Waals surface area contributed by atoms with E-state index in [0.717, 1.165) is 11.4 Å². The van der Waals surface area contributed by atoms with Crippen molar-refractivity contribution in [3.8, 4) is 0 Å². The summed E-state index contributed by atoms with van der Waals surface area (Å²) in [4.78, 5) is 17.3. The molecule has 0 spiro atoms. The second-order valence-electron chi connectivity index (χ2n) is 6.58. The molecule has 1 aliphatic heterocycles. The number of aryl methyl sites for hydroxylation is 2. The number of rotatable bonds is 6. The molecule has 0 bridgehead atoms. The summed E-state index contributed by atoms with van der Waals surface area (Å²) in [6, 6.07) is -0.437. The number of fused-ring (bicyclic) bond motifs is 1. The van der Waals surface area contributed by atoms with E-state index >= 15 is 0 Å². The van der Waals surface area contributed by atoms with Gasteiger partial charge in [0, 0.05) is 33.3 Å². The summed E-state index contributed by atoms with van der Waals surface area (Å²) < 4.78 is 68.3. The van der Waals surface area contributed by atoms with Gasteiger partial charge in [0.05, 0.1) is 43.3 Å². The van der Waals surface area contributed by atoms with E-state index in [0.29, 0.717) is 19.6 Å². The van der Waals surface area contributed by atoms with Crippen molar-refractivity contribution in [1.82, 2.24) is 23.4 Å². The second kappa shape index (κ2) is 9.62. The van der Waals surface area contributed by atoms with Crippen molar-refractivity contribution in [3.63, 3.8) is 0 Å². The molecule has 3 heterocycles. The van der Waals surface area contributed by atoms with E-state index in [2.05, 4.69) is 16.5 Å². The fourth-order valence-electron chi connectivity index (χ4n) is 2.97. The Hall–Kier alpha value is -2.71. The zero-order chi connectivity index (χ0) is 23.4. The van der Waals surface area contributed by atoms with Crippen molar-refractivity contribution in [1.29, 1.82) is 0 Å². The van der Waals surface area contributed by atoms with Crippen LogP contribution in [0.25, 0.3) is 0 Å². The van der Waals surface area contributed by atoms with Gasteiger partial charge in [0.15, 0.2) is 5.03 Å². The zero-order valence-corrected chi connectivity index (χ0v) is 17.6. The lowest BCUT2D eigenvalue weighted by Gasteiger charge is -2.34. The number of alkyl halides is 3. The zero-order valence-electron chi connectivity index (χ0n) is 16.8. The van der Waals surface area contributed by atoms with E-state index in [1.807, 2.05) is 11.6 Å². The SMILES string of the molecule is C=CCOCC1c2c(ncn2C)CCN1S(=O)(=O)c1cn(C)cn1.O=C(O)C(F)(F)F. The predicted molar refractivity (Wildman–Crippen MR) is 101 cm³/mol. The Morgan fingerprint density at radius 2 is 2.00 bits per heavy atom. The fourth-order valence-corrected chi connectivity index (χ4v) is 4.52. The van der Waals surface area contributed by atoms with Crippen molar-refractivity contribution in [2.75, 3.05) is 19.8 Å². The number of sulfonamides is 1. The van der Waals surface area contributed by atoms with Gasteiger partial charge in [-0.2, -0.15) is 17.5 Å². The predicted octanol–water partition coefficient (Wildman–Crippen LogP) is 1.28. The number of imidazole rings is 2. The van der Waals surface area contributed by atoms with E-state index < -0.39 is 28.2 Å². The Kier molecular flexibility index (Phi) is 7.62. The molecule has 0 amide bonds. The maximum Gasteiger partial charge on any atom is 0.490 e. The molecule has 1 N–H and O–H groups in total. The number of carbonyl (C=O) groups is 1. The number of hydrogen-bond acceptors (Lipinski definition) is 6. The summed E-state index contributed by atoms with van der Waals surface area (Å²) in [6.07, 6.45) is 1.83. The van der Waals surface area contributed by atoms with Crippen LogP contribution in [0.1, 0.15) is 17.4 Å². The molecule has 1 aliphatic rings. The van der Waals surface area contributed by atoms with Crippen LogP contribution >= 0.6 is 0 Å². The maximum absolute atomic E-state index is 13.0. The van der Waals surface area contributed by atoms with Crippen LogP contribution < -0.4 is 0 Å². The molecule has 0 aromatic carbocycles. The minimum Gasteiger partial charge on any atom is -0.475 e. The van der Waals surface area contributed by atoms with Crippen LogP contribution in [-0.4, -0.2) is 68.8 Å². The highest BCUT2D eigenvalue weighted by Gasteiger charge is 2.40. The van der Waals surface area contributed by atoms with Crippen LogP contribution in [0.5, 0.6) is 0 Å². The van der Waals surface area contributed by atoms with Gasteiger partial charge in [-0.3, -0.25) is 0 Å². The van der Waals surface area contributed by atoms with E-state index in [-0.39, 0.29) is 11.6 Å². The third kappa shape index (κ3) is 5.71. The molecular weight excluding hydrogens is 443 g/mol. The average molecular weight is 465 g/mol. The summed E-state index contributed by atoms with van der Waals surface area (Å²) in [5.41, 5.74) is 1.78. The molecule has 0 saturated heterocycles. The van der Waals surface area contributed by atoms with Gasteiger partial charge in [-0.25, -0.2) is 23.2 Å². The smallest absolute Gasteiger partial charge is 0.475 e. The van der Waals surface area contributed by atoms with Gasteiger partial charge in [-0.05, 0) is 0 Å². The third-order valence-corrected chi connectivity index (χ3v) is 6.10. The number of halogens is 3. The number of ether oxygens (including phenoxy) is 1. The van der Waals surface area contributed by atoms with Crippen LogP contribution in [-0.2, 0) is 40.1 Å². The van der Waals surface area contributed by atoms with Gasteiger partial charge in [-0.15, -0.1) is 6.58 Å². The van der Waals surface area contributed by atoms with E-state index in [1.165, 1.54) is 16.8 Å². The Morgan fingerprint density at radius 3 is 2.52 bits per heavy atom. The van der Waals surface area contributed by atoms with E-state index in [4.69, 9.17) is 14.6 Å². The van der Waals surface area contributed by atoms with Gasteiger partial charge in [-0.1, -0.05) is 6.08 Å². The molecule has 2 aromatic rings. The van der Waals surface area contributed by atoms with Crippen molar-refractivity contribution in [3.05, 3.63) is 42.9 Å². The van der Waals surface area contributed by atoms with Crippen LogP contribution in [0.4, 0.5) is 13.2 Å². The average Bonchev–Trinajstić information content (AvgIpc) is 3.28. The molecule has 0 radical (unpaired) electrons. The molecule has 172 valence electrons. The van der Waals surface area contributed by atoms with Gasteiger partial charge in [0.2, 0.25) is 0 Å². The molecule has 10 nitrogen and oxygen atoms in total. The summed E-state index contributed by atoms with van der Waals surface area (Å²) in [7, 11) is -0.104. The van der Waals surface area contributed by atoms with E-state index in [1.54, 1.807) is 24.0 Å². The van der Waals surface area contributed by atoms with Gasteiger partial charge >= 0.3 is 12.1 Å². The standard InChI is InChI=1S/C15H21N5O3S.C2HF3O2/c1-4-7-23-9-13-15-12(16-11-19(15)3)5-6-20(13)24(21,22)14-8-18(2)10-17-14;3-2(4,5)1(6)7/h4,8,10-11,13H,1,5-7,9H2,2-3H3;(H,6,7). The van der Waals surface area contributed by atoms with Gasteiger partial charge < -0.3 is 19.0 Å². The minimum absolute atomic E-state index is 0.0457. The Bertz CT molecular complexity index is 1030. The molecule has 0 saturated carbocycles. The van der Waals surface area contributed by atoms with Crippen LogP contribution in [0, 0.1) is 0 Å². The summed E-state index contributed by atoms with van der Waals surface area (Å²) in [5.74, 6) is -2.76. The second-order valence-corrected chi connectivity index (χ2v) is 8.41. The van der Waals surface area contributed by atoms with Crippen LogP contribution in [0.15, 0.2) is 36.5 Å². The highest BCUT2D eigenvalue weighted by Crippen LogP contribution is 2.33. The quantitative estimate of drug-likeness (QED) is 0.504. The Balaban J connectivity index is 0.000000423. The molecule has 1 unspecified atom stereocenters.